The van der Waals surface area contributed by atoms with E-state index < -0.39 is 5.97 Å². The van der Waals surface area contributed by atoms with Crippen LogP contribution >= 0.6 is 11.8 Å². The van der Waals surface area contributed by atoms with Crippen LogP contribution in [0.4, 0.5) is 0 Å². The molecule has 0 aliphatic carbocycles. The average molecular weight is 340 g/mol. The van der Waals surface area contributed by atoms with Crippen molar-refractivity contribution in [3.05, 3.63) is 18.2 Å². The van der Waals surface area contributed by atoms with E-state index in [1.807, 2.05) is 0 Å². The summed E-state index contributed by atoms with van der Waals surface area (Å²) in [4.78, 5) is 20.2. The van der Waals surface area contributed by atoms with Gasteiger partial charge < -0.3 is 14.2 Å². The summed E-state index contributed by atoms with van der Waals surface area (Å²) in [5.74, 6) is 0.445. The summed E-state index contributed by atoms with van der Waals surface area (Å²) < 4.78 is 15.6. The molecule has 0 saturated heterocycles. The first-order valence-electron chi connectivity index (χ1n) is 7.13. The second-order valence-corrected chi connectivity index (χ2v) is 7.26. The molecule has 1 heterocycles. The van der Waals surface area contributed by atoms with Gasteiger partial charge in [0, 0.05) is 5.57 Å². The van der Waals surface area contributed by atoms with Gasteiger partial charge in [-0.25, -0.2) is 4.79 Å². The van der Waals surface area contributed by atoms with Gasteiger partial charge >= 0.3 is 5.97 Å². The van der Waals surface area contributed by atoms with Crippen LogP contribution in [0.25, 0.3) is 0 Å². The maximum atomic E-state index is 11.6. The number of aromatic nitrogens is 2. The van der Waals surface area contributed by atoms with Crippen LogP contribution in [0.1, 0.15) is 27.7 Å². The highest BCUT2D eigenvalue weighted by molar-refractivity contribution is 7.99. The quantitative estimate of drug-likeness (QED) is 0.327. The Hall–Kier alpha value is -1.76. The van der Waals surface area contributed by atoms with Gasteiger partial charge in [-0.1, -0.05) is 39.1 Å². The van der Waals surface area contributed by atoms with Crippen molar-refractivity contribution in [2.45, 2.75) is 38.1 Å². The number of esters is 1. The van der Waals surface area contributed by atoms with Crippen LogP contribution in [-0.2, 0) is 9.53 Å². The SMILES string of the molecule is C=C(C)C(=O)OCC(Sc1nc(OC)cc(OC)n1)C(C)(C)C. The van der Waals surface area contributed by atoms with Crippen LogP contribution in [0.2, 0.25) is 0 Å². The van der Waals surface area contributed by atoms with Gasteiger partial charge in [-0.05, 0) is 12.3 Å². The summed E-state index contributed by atoms with van der Waals surface area (Å²) >= 11 is 1.42. The lowest BCUT2D eigenvalue weighted by Crippen LogP contribution is -2.29. The van der Waals surface area contributed by atoms with E-state index in [1.54, 1.807) is 13.0 Å². The Morgan fingerprint density at radius 1 is 1.26 bits per heavy atom. The average Bonchev–Trinajstić information content (AvgIpc) is 2.49. The van der Waals surface area contributed by atoms with Crippen molar-refractivity contribution in [3.8, 4) is 11.8 Å². The van der Waals surface area contributed by atoms with Crippen LogP contribution in [0.5, 0.6) is 11.8 Å². The molecule has 0 N–H and O–H groups in total. The number of ether oxygens (including phenoxy) is 3. The molecule has 0 spiro atoms. The predicted octanol–water partition coefficient (Wildman–Crippen LogP) is 3.12. The normalized spacial score (nSPS) is 12.4. The van der Waals surface area contributed by atoms with Gasteiger partial charge in [0.2, 0.25) is 11.8 Å². The predicted molar refractivity (Wildman–Crippen MR) is 90.0 cm³/mol. The Kier molecular flexibility index (Phi) is 6.87. The van der Waals surface area contributed by atoms with Crippen molar-refractivity contribution in [1.82, 2.24) is 9.97 Å². The number of hydrogen-bond acceptors (Lipinski definition) is 7. The zero-order chi connectivity index (χ0) is 17.6. The monoisotopic (exact) mass is 340 g/mol. The van der Waals surface area contributed by atoms with Crippen LogP contribution < -0.4 is 9.47 Å². The Morgan fingerprint density at radius 2 is 1.78 bits per heavy atom. The van der Waals surface area contributed by atoms with Crippen molar-refractivity contribution in [1.29, 1.82) is 0 Å². The molecule has 6 nitrogen and oxygen atoms in total. The fourth-order valence-electron chi connectivity index (χ4n) is 1.51. The summed E-state index contributed by atoms with van der Waals surface area (Å²) in [6, 6.07) is 1.61. The number of nitrogens with zero attached hydrogens (tertiary/aromatic N) is 2. The van der Waals surface area contributed by atoms with E-state index in [4.69, 9.17) is 14.2 Å². The summed E-state index contributed by atoms with van der Waals surface area (Å²) in [6.45, 7) is 11.6. The Bertz CT molecular complexity index is 547. The minimum Gasteiger partial charge on any atom is -0.481 e. The van der Waals surface area contributed by atoms with Crippen LogP contribution in [0.15, 0.2) is 23.4 Å². The highest BCUT2D eigenvalue weighted by Gasteiger charge is 2.28. The van der Waals surface area contributed by atoms with Gasteiger partial charge in [0.1, 0.15) is 6.61 Å². The number of carbonyl (C=O) groups excluding carboxylic acids is 1. The molecule has 0 fully saturated rings. The minimum absolute atomic E-state index is 0.0392. The molecule has 1 atom stereocenters. The lowest BCUT2D eigenvalue weighted by atomic mass is 9.92. The van der Waals surface area contributed by atoms with Crippen LogP contribution in [0, 0.1) is 5.41 Å². The standard InChI is InChI=1S/C16H24N2O4S/c1-10(2)14(19)22-9-11(16(3,4)5)23-15-17-12(20-6)8-13(18-15)21-7/h8,11H,1,9H2,2-7H3. The van der Waals surface area contributed by atoms with Gasteiger partial charge in [-0.2, -0.15) is 9.97 Å². The van der Waals surface area contributed by atoms with Crippen molar-refractivity contribution < 1.29 is 19.0 Å². The largest absolute Gasteiger partial charge is 0.481 e. The molecule has 0 amide bonds. The van der Waals surface area contributed by atoms with E-state index in [1.165, 1.54) is 26.0 Å². The number of thioether (sulfide) groups is 1. The van der Waals surface area contributed by atoms with Gasteiger partial charge in [0.05, 0.1) is 25.5 Å². The number of carbonyl (C=O) groups is 1. The molecule has 0 bridgehead atoms. The fraction of sp³-hybridized carbons (Fsp3) is 0.562. The van der Waals surface area contributed by atoms with Gasteiger partial charge in [-0.15, -0.1) is 0 Å². The van der Waals surface area contributed by atoms with Crippen molar-refractivity contribution >= 4 is 17.7 Å². The number of methoxy groups -OCH3 is 2. The topological polar surface area (TPSA) is 70.5 Å². The van der Waals surface area contributed by atoms with E-state index in [0.29, 0.717) is 22.5 Å². The molecule has 1 aromatic heterocycles. The molecule has 1 rings (SSSR count). The lowest BCUT2D eigenvalue weighted by molar-refractivity contribution is -0.139. The maximum absolute atomic E-state index is 11.6. The first-order chi connectivity index (χ1) is 10.7. The smallest absolute Gasteiger partial charge is 0.333 e. The molecular formula is C16H24N2O4S. The molecule has 23 heavy (non-hydrogen) atoms. The van der Waals surface area contributed by atoms with Crippen molar-refractivity contribution in [3.63, 3.8) is 0 Å². The third kappa shape index (κ3) is 6.09. The molecule has 1 aromatic rings. The molecule has 0 radical (unpaired) electrons. The van der Waals surface area contributed by atoms with E-state index in [0.717, 1.165) is 0 Å². The van der Waals surface area contributed by atoms with E-state index in [9.17, 15) is 4.79 Å². The fourth-order valence-corrected chi connectivity index (χ4v) is 2.54. The molecule has 0 aromatic carbocycles. The summed E-state index contributed by atoms with van der Waals surface area (Å²) in [5, 5.41) is 0.468. The molecule has 0 aliphatic heterocycles. The molecule has 1 unspecified atom stereocenters. The zero-order valence-electron chi connectivity index (χ0n) is 14.5. The van der Waals surface area contributed by atoms with Gasteiger partial charge in [0.15, 0.2) is 5.16 Å². The third-order valence-corrected chi connectivity index (χ3v) is 4.53. The van der Waals surface area contributed by atoms with E-state index >= 15 is 0 Å². The molecule has 128 valence electrons. The Morgan fingerprint density at radius 3 is 2.17 bits per heavy atom. The maximum Gasteiger partial charge on any atom is 0.333 e. The molecule has 0 saturated carbocycles. The second-order valence-electron chi connectivity index (χ2n) is 6.09. The highest BCUT2D eigenvalue weighted by Crippen LogP contribution is 2.35. The van der Waals surface area contributed by atoms with Gasteiger partial charge in [0.25, 0.3) is 0 Å². The van der Waals surface area contributed by atoms with Gasteiger partial charge in [-0.3, -0.25) is 0 Å². The van der Waals surface area contributed by atoms with E-state index in [-0.39, 0.29) is 17.3 Å². The second kappa shape index (κ2) is 8.19. The Labute approximate surface area is 141 Å². The minimum atomic E-state index is -0.399. The van der Waals surface area contributed by atoms with Crippen LogP contribution in [0.3, 0.4) is 0 Å². The third-order valence-electron chi connectivity index (χ3n) is 3.00. The number of hydrogen-bond donors (Lipinski definition) is 0. The van der Waals surface area contributed by atoms with Crippen molar-refractivity contribution in [2.75, 3.05) is 20.8 Å². The highest BCUT2D eigenvalue weighted by atomic mass is 32.2. The summed E-state index contributed by atoms with van der Waals surface area (Å²) in [6.07, 6.45) is 0. The molecule has 0 aliphatic rings. The Balaban J connectivity index is 2.93. The summed E-state index contributed by atoms with van der Waals surface area (Å²) in [5.41, 5.74) is 0.252. The van der Waals surface area contributed by atoms with Crippen molar-refractivity contribution in [2.24, 2.45) is 5.41 Å². The lowest BCUT2D eigenvalue weighted by Gasteiger charge is -2.29. The first kappa shape index (κ1) is 19.3. The zero-order valence-corrected chi connectivity index (χ0v) is 15.3. The summed E-state index contributed by atoms with van der Waals surface area (Å²) in [7, 11) is 3.07. The van der Waals surface area contributed by atoms with Crippen LogP contribution in [-0.4, -0.2) is 42.0 Å². The van der Waals surface area contributed by atoms with E-state index in [2.05, 4.69) is 37.3 Å². The number of rotatable bonds is 7. The first-order valence-corrected chi connectivity index (χ1v) is 8.01. The molecular weight excluding hydrogens is 316 g/mol. The molecule has 7 heteroatoms.